The van der Waals surface area contributed by atoms with Crippen LogP contribution < -0.4 is 10.2 Å². The van der Waals surface area contributed by atoms with Crippen LogP contribution in [0.25, 0.3) is 0 Å². The van der Waals surface area contributed by atoms with Crippen LogP contribution >= 0.6 is 15.9 Å². The van der Waals surface area contributed by atoms with E-state index >= 15 is 0 Å². The van der Waals surface area contributed by atoms with Gasteiger partial charge in [-0.1, -0.05) is 0 Å². The highest BCUT2D eigenvalue weighted by atomic mass is 79.9. The molecule has 1 aliphatic heterocycles. The Kier molecular flexibility index (Phi) is 4.80. The van der Waals surface area contributed by atoms with Crippen molar-refractivity contribution < 1.29 is 0 Å². The molecule has 0 radical (unpaired) electrons. The fourth-order valence-corrected chi connectivity index (χ4v) is 3.16. The Balaban J connectivity index is 1.60. The number of pyridine rings is 1. The zero-order valence-electron chi connectivity index (χ0n) is 13.8. The molecule has 1 fully saturated rings. The fourth-order valence-electron chi connectivity index (χ4n) is 2.94. The van der Waals surface area contributed by atoms with E-state index in [1.165, 1.54) is 5.56 Å². The van der Waals surface area contributed by atoms with Gasteiger partial charge in [0.15, 0.2) is 0 Å². The summed E-state index contributed by atoms with van der Waals surface area (Å²) in [7, 11) is 0. The molecule has 0 spiro atoms. The molecule has 23 heavy (non-hydrogen) atoms. The van der Waals surface area contributed by atoms with E-state index in [9.17, 15) is 0 Å². The van der Waals surface area contributed by atoms with Crippen LogP contribution in [-0.2, 0) is 0 Å². The molecule has 0 bridgehead atoms. The van der Waals surface area contributed by atoms with Crippen molar-refractivity contribution in [3.63, 3.8) is 0 Å². The van der Waals surface area contributed by atoms with E-state index in [1.807, 2.05) is 20.0 Å². The Labute approximate surface area is 145 Å². The summed E-state index contributed by atoms with van der Waals surface area (Å²) in [6.07, 6.45) is 4.02. The van der Waals surface area contributed by atoms with E-state index in [0.717, 1.165) is 53.6 Å². The van der Waals surface area contributed by atoms with Crippen LogP contribution in [0.15, 0.2) is 22.8 Å². The Morgan fingerprint density at radius 2 is 1.87 bits per heavy atom. The van der Waals surface area contributed by atoms with E-state index in [0.29, 0.717) is 6.04 Å². The monoisotopic (exact) mass is 375 g/mol. The maximum Gasteiger partial charge on any atom is 0.132 e. The lowest BCUT2D eigenvalue weighted by Crippen LogP contribution is -2.39. The molecular formula is C17H22BrN5. The molecule has 0 aliphatic carbocycles. The van der Waals surface area contributed by atoms with Crippen molar-refractivity contribution in [3.05, 3.63) is 39.9 Å². The van der Waals surface area contributed by atoms with Crippen LogP contribution in [0.1, 0.15) is 29.9 Å². The molecule has 1 N–H and O–H groups in total. The molecule has 0 atom stereocenters. The van der Waals surface area contributed by atoms with Crippen LogP contribution in [-0.4, -0.2) is 34.1 Å². The molecule has 2 aromatic heterocycles. The Morgan fingerprint density at radius 1 is 1.13 bits per heavy atom. The second kappa shape index (κ2) is 6.83. The van der Waals surface area contributed by atoms with E-state index in [4.69, 9.17) is 0 Å². The van der Waals surface area contributed by atoms with Crippen molar-refractivity contribution in [2.45, 2.75) is 39.7 Å². The average molecular weight is 376 g/mol. The first-order chi connectivity index (χ1) is 11.0. The number of hydrogen-bond donors (Lipinski definition) is 1. The highest BCUT2D eigenvalue weighted by Gasteiger charge is 2.21. The van der Waals surface area contributed by atoms with Gasteiger partial charge in [-0.05, 0) is 61.2 Å². The number of rotatable bonds is 3. The Morgan fingerprint density at radius 3 is 2.52 bits per heavy atom. The molecule has 0 unspecified atom stereocenters. The fraction of sp³-hybridized carbons (Fsp3) is 0.471. The zero-order valence-corrected chi connectivity index (χ0v) is 15.4. The van der Waals surface area contributed by atoms with Crippen LogP contribution in [0.2, 0.25) is 0 Å². The highest BCUT2D eigenvalue weighted by molar-refractivity contribution is 9.10. The molecule has 0 saturated carbocycles. The molecule has 122 valence electrons. The van der Waals surface area contributed by atoms with Gasteiger partial charge >= 0.3 is 0 Å². The Hall–Kier alpha value is -1.69. The van der Waals surface area contributed by atoms with Crippen LogP contribution in [0.4, 0.5) is 11.6 Å². The van der Waals surface area contributed by atoms with Crippen molar-refractivity contribution in [1.82, 2.24) is 15.0 Å². The SMILES string of the molecule is Cc1cc(N2CCC(Nc3cc(C)c(Br)cn3)CC2)nc(C)n1. The Bertz CT molecular complexity index is 675. The van der Waals surface area contributed by atoms with Crippen molar-refractivity contribution in [3.8, 4) is 0 Å². The van der Waals surface area contributed by atoms with Gasteiger partial charge in [-0.25, -0.2) is 15.0 Å². The maximum absolute atomic E-state index is 4.56. The lowest BCUT2D eigenvalue weighted by molar-refractivity contribution is 0.521. The summed E-state index contributed by atoms with van der Waals surface area (Å²) >= 11 is 3.49. The molecule has 3 heterocycles. The van der Waals surface area contributed by atoms with Gasteiger partial charge in [0.1, 0.15) is 17.5 Å². The maximum atomic E-state index is 4.56. The van der Waals surface area contributed by atoms with Crippen LogP contribution in [0.5, 0.6) is 0 Å². The number of nitrogens with zero attached hydrogens (tertiary/aromatic N) is 4. The summed E-state index contributed by atoms with van der Waals surface area (Å²) in [5.41, 5.74) is 2.23. The second-order valence-corrected chi connectivity index (χ2v) is 6.99. The molecule has 5 nitrogen and oxygen atoms in total. The molecule has 1 aliphatic rings. The zero-order chi connectivity index (χ0) is 16.4. The summed E-state index contributed by atoms with van der Waals surface area (Å²) in [4.78, 5) is 15.7. The number of aromatic nitrogens is 3. The molecule has 3 rings (SSSR count). The van der Waals surface area contributed by atoms with E-state index < -0.39 is 0 Å². The normalized spacial score (nSPS) is 15.7. The molecule has 2 aromatic rings. The molecule has 0 aromatic carbocycles. The largest absolute Gasteiger partial charge is 0.367 e. The molecule has 0 amide bonds. The number of nitrogens with one attached hydrogen (secondary N) is 1. The predicted molar refractivity (Wildman–Crippen MR) is 97.0 cm³/mol. The van der Waals surface area contributed by atoms with Gasteiger partial charge in [-0.3, -0.25) is 0 Å². The van der Waals surface area contributed by atoms with Crippen molar-refractivity contribution in [2.24, 2.45) is 0 Å². The first-order valence-electron chi connectivity index (χ1n) is 7.97. The second-order valence-electron chi connectivity index (χ2n) is 6.14. The number of piperidine rings is 1. The third kappa shape index (κ3) is 3.99. The van der Waals surface area contributed by atoms with Gasteiger partial charge in [0.05, 0.1) is 0 Å². The minimum atomic E-state index is 0.461. The van der Waals surface area contributed by atoms with Gasteiger partial charge in [0.2, 0.25) is 0 Å². The van der Waals surface area contributed by atoms with Gasteiger partial charge < -0.3 is 10.2 Å². The molecule has 1 saturated heterocycles. The van der Waals surface area contributed by atoms with Gasteiger partial charge in [0.25, 0.3) is 0 Å². The number of anilines is 2. The quantitative estimate of drug-likeness (QED) is 0.887. The third-order valence-corrected chi connectivity index (χ3v) is 5.00. The first-order valence-corrected chi connectivity index (χ1v) is 8.76. The van der Waals surface area contributed by atoms with E-state index in [-0.39, 0.29) is 0 Å². The van der Waals surface area contributed by atoms with Crippen molar-refractivity contribution in [2.75, 3.05) is 23.3 Å². The van der Waals surface area contributed by atoms with Crippen molar-refractivity contribution >= 4 is 27.6 Å². The standard InChI is InChI=1S/C17H22BrN5/c1-11-8-16(19-10-15(11)18)22-14-4-6-23(7-5-14)17-9-12(2)20-13(3)21-17/h8-10,14H,4-7H2,1-3H3,(H,19,22). The highest BCUT2D eigenvalue weighted by Crippen LogP contribution is 2.22. The molecular weight excluding hydrogens is 354 g/mol. The first kappa shape index (κ1) is 16.2. The lowest BCUT2D eigenvalue weighted by atomic mass is 10.0. The number of halogens is 1. The lowest BCUT2D eigenvalue weighted by Gasteiger charge is -2.33. The van der Waals surface area contributed by atoms with E-state index in [2.05, 4.69) is 60.2 Å². The average Bonchev–Trinajstić information content (AvgIpc) is 2.51. The summed E-state index contributed by atoms with van der Waals surface area (Å²) in [5, 5.41) is 3.55. The van der Waals surface area contributed by atoms with Crippen LogP contribution in [0, 0.1) is 20.8 Å². The summed E-state index contributed by atoms with van der Waals surface area (Å²) in [6.45, 7) is 8.06. The minimum Gasteiger partial charge on any atom is -0.367 e. The predicted octanol–water partition coefficient (Wildman–Crippen LogP) is 3.64. The summed E-state index contributed by atoms with van der Waals surface area (Å²) in [6, 6.07) is 4.62. The minimum absolute atomic E-state index is 0.461. The third-order valence-electron chi connectivity index (χ3n) is 4.17. The van der Waals surface area contributed by atoms with E-state index in [1.54, 1.807) is 0 Å². The van der Waals surface area contributed by atoms with Gasteiger partial charge in [0, 0.05) is 41.6 Å². The van der Waals surface area contributed by atoms with Crippen molar-refractivity contribution in [1.29, 1.82) is 0 Å². The smallest absolute Gasteiger partial charge is 0.132 e. The van der Waals surface area contributed by atoms with Gasteiger partial charge in [-0.15, -0.1) is 0 Å². The van der Waals surface area contributed by atoms with Gasteiger partial charge in [-0.2, -0.15) is 0 Å². The summed E-state index contributed by atoms with van der Waals surface area (Å²) < 4.78 is 1.05. The topological polar surface area (TPSA) is 53.9 Å². The number of aryl methyl sites for hydroxylation is 3. The van der Waals surface area contributed by atoms with Crippen LogP contribution in [0.3, 0.4) is 0 Å². The summed E-state index contributed by atoms with van der Waals surface area (Å²) in [5.74, 6) is 2.85. The molecule has 6 heteroatoms. The number of hydrogen-bond acceptors (Lipinski definition) is 5.